The molecule has 0 heteroatoms. The summed E-state index contributed by atoms with van der Waals surface area (Å²) in [6.45, 7) is 10.9. The van der Waals surface area contributed by atoms with E-state index in [1.54, 1.807) is 0 Å². The van der Waals surface area contributed by atoms with Gasteiger partial charge in [-0.25, -0.2) is 0 Å². The molecule has 0 atom stereocenters. The molecule has 1 aromatic carbocycles. The first-order chi connectivity index (χ1) is 6.56. The lowest BCUT2D eigenvalue weighted by molar-refractivity contribution is 1.12. The molecule has 0 aromatic heterocycles. The fourth-order valence-electron chi connectivity index (χ4n) is 1.65. The van der Waals surface area contributed by atoms with E-state index in [2.05, 4.69) is 52.8 Å². The standard InChI is InChI=1S/C14H20/c1-6-13-9-11(4)7-8-14(13)12(5)10(2)3/h7-9H,6H2,1-5H3. The van der Waals surface area contributed by atoms with Gasteiger partial charge in [-0.1, -0.05) is 36.3 Å². The van der Waals surface area contributed by atoms with Crippen LogP contribution in [0.3, 0.4) is 0 Å². The van der Waals surface area contributed by atoms with Crippen LogP contribution in [0.2, 0.25) is 0 Å². The van der Waals surface area contributed by atoms with Gasteiger partial charge in [0.15, 0.2) is 0 Å². The highest BCUT2D eigenvalue weighted by atomic mass is 14.1. The van der Waals surface area contributed by atoms with Crippen LogP contribution in [-0.4, -0.2) is 0 Å². The van der Waals surface area contributed by atoms with Crippen molar-refractivity contribution in [3.63, 3.8) is 0 Å². The highest BCUT2D eigenvalue weighted by molar-refractivity contribution is 5.69. The molecule has 0 radical (unpaired) electrons. The van der Waals surface area contributed by atoms with Crippen molar-refractivity contribution in [2.45, 2.75) is 41.0 Å². The number of allylic oxidation sites excluding steroid dienone is 2. The van der Waals surface area contributed by atoms with Crippen molar-refractivity contribution in [1.82, 2.24) is 0 Å². The third kappa shape index (κ3) is 2.25. The van der Waals surface area contributed by atoms with Crippen molar-refractivity contribution in [2.75, 3.05) is 0 Å². The molecule has 0 aliphatic rings. The van der Waals surface area contributed by atoms with E-state index in [9.17, 15) is 0 Å². The Bertz CT molecular complexity index is 352. The van der Waals surface area contributed by atoms with Crippen LogP contribution in [0, 0.1) is 6.92 Å². The van der Waals surface area contributed by atoms with Crippen molar-refractivity contribution in [1.29, 1.82) is 0 Å². The predicted octanol–water partition coefficient (Wildman–Crippen LogP) is 4.37. The Morgan fingerprint density at radius 2 is 1.79 bits per heavy atom. The van der Waals surface area contributed by atoms with Gasteiger partial charge >= 0.3 is 0 Å². The van der Waals surface area contributed by atoms with Crippen molar-refractivity contribution in [3.8, 4) is 0 Å². The number of aryl methyl sites for hydroxylation is 2. The monoisotopic (exact) mass is 188 g/mol. The van der Waals surface area contributed by atoms with Gasteiger partial charge in [-0.3, -0.25) is 0 Å². The molecule has 76 valence electrons. The first-order valence-corrected chi connectivity index (χ1v) is 5.30. The molecule has 0 aliphatic carbocycles. The fraction of sp³-hybridized carbons (Fsp3) is 0.429. The molecular weight excluding hydrogens is 168 g/mol. The Labute approximate surface area is 87.7 Å². The molecular formula is C14H20. The summed E-state index contributed by atoms with van der Waals surface area (Å²) < 4.78 is 0. The summed E-state index contributed by atoms with van der Waals surface area (Å²) in [6.07, 6.45) is 1.11. The van der Waals surface area contributed by atoms with Crippen LogP contribution in [0.25, 0.3) is 5.57 Å². The molecule has 0 aliphatic heterocycles. The average molecular weight is 188 g/mol. The van der Waals surface area contributed by atoms with Crippen molar-refractivity contribution < 1.29 is 0 Å². The molecule has 0 saturated heterocycles. The van der Waals surface area contributed by atoms with E-state index in [1.807, 2.05) is 0 Å². The first kappa shape index (κ1) is 11.0. The van der Waals surface area contributed by atoms with Gasteiger partial charge in [0.05, 0.1) is 0 Å². The second kappa shape index (κ2) is 4.45. The van der Waals surface area contributed by atoms with E-state index in [0.29, 0.717) is 0 Å². The third-order valence-electron chi connectivity index (χ3n) is 2.80. The molecule has 14 heavy (non-hydrogen) atoms. The van der Waals surface area contributed by atoms with E-state index < -0.39 is 0 Å². The van der Waals surface area contributed by atoms with Gasteiger partial charge in [-0.2, -0.15) is 0 Å². The topological polar surface area (TPSA) is 0 Å². The summed E-state index contributed by atoms with van der Waals surface area (Å²) in [4.78, 5) is 0. The lowest BCUT2D eigenvalue weighted by Crippen LogP contribution is -1.92. The van der Waals surface area contributed by atoms with E-state index in [0.717, 1.165) is 6.42 Å². The predicted molar refractivity (Wildman–Crippen MR) is 64.5 cm³/mol. The Hall–Kier alpha value is -1.04. The van der Waals surface area contributed by atoms with E-state index in [4.69, 9.17) is 0 Å². The smallest absolute Gasteiger partial charge is 0.0196 e. The zero-order chi connectivity index (χ0) is 10.7. The van der Waals surface area contributed by atoms with E-state index in [1.165, 1.54) is 27.8 Å². The second-order valence-corrected chi connectivity index (χ2v) is 4.14. The van der Waals surface area contributed by atoms with Crippen LogP contribution >= 0.6 is 0 Å². The first-order valence-electron chi connectivity index (χ1n) is 5.30. The molecule has 1 rings (SSSR count). The molecule has 0 bridgehead atoms. The van der Waals surface area contributed by atoms with E-state index >= 15 is 0 Å². The molecule has 0 amide bonds. The largest absolute Gasteiger partial charge is 0.0729 e. The van der Waals surface area contributed by atoms with Gasteiger partial charge in [0, 0.05) is 0 Å². The van der Waals surface area contributed by atoms with Crippen LogP contribution in [-0.2, 0) is 6.42 Å². The van der Waals surface area contributed by atoms with Crippen LogP contribution in [0.15, 0.2) is 23.8 Å². The molecule has 1 aromatic rings. The Morgan fingerprint density at radius 1 is 1.14 bits per heavy atom. The Balaban J connectivity index is 3.28. The lowest BCUT2D eigenvalue weighted by Gasteiger charge is -2.11. The normalized spacial score (nSPS) is 10.1. The summed E-state index contributed by atoms with van der Waals surface area (Å²) in [5, 5.41) is 0. The van der Waals surface area contributed by atoms with Gasteiger partial charge in [0.25, 0.3) is 0 Å². The highest BCUT2D eigenvalue weighted by Gasteiger charge is 2.03. The van der Waals surface area contributed by atoms with Crippen LogP contribution in [0.4, 0.5) is 0 Å². The van der Waals surface area contributed by atoms with Gasteiger partial charge in [0.2, 0.25) is 0 Å². The summed E-state index contributed by atoms with van der Waals surface area (Å²) in [5.74, 6) is 0. The maximum Gasteiger partial charge on any atom is -0.0196 e. The SMILES string of the molecule is CCc1cc(C)ccc1C(C)=C(C)C. The maximum absolute atomic E-state index is 2.29. The molecule has 0 saturated carbocycles. The molecule has 0 spiro atoms. The molecule has 0 N–H and O–H groups in total. The zero-order valence-electron chi connectivity index (χ0n) is 9.94. The minimum Gasteiger partial charge on any atom is -0.0729 e. The van der Waals surface area contributed by atoms with Crippen molar-refractivity contribution in [3.05, 3.63) is 40.5 Å². The van der Waals surface area contributed by atoms with Crippen LogP contribution in [0.1, 0.15) is 44.4 Å². The Kier molecular flexibility index (Phi) is 3.51. The number of hydrogen-bond acceptors (Lipinski definition) is 0. The van der Waals surface area contributed by atoms with Crippen LogP contribution < -0.4 is 0 Å². The summed E-state index contributed by atoms with van der Waals surface area (Å²) in [7, 11) is 0. The maximum atomic E-state index is 2.29. The van der Waals surface area contributed by atoms with Gasteiger partial charge in [0.1, 0.15) is 0 Å². The Morgan fingerprint density at radius 3 is 2.29 bits per heavy atom. The summed E-state index contributed by atoms with van der Waals surface area (Å²) in [6, 6.07) is 6.74. The van der Waals surface area contributed by atoms with Crippen LogP contribution in [0.5, 0.6) is 0 Å². The number of benzene rings is 1. The number of hydrogen-bond donors (Lipinski definition) is 0. The molecule has 0 nitrogen and oxygen atoms in total. The quantitative estimate of drug-likeness (QED) is 0.646. The summed E-state index contributed by atoms with van der Waals surface area (Å²) in [5.41, 5.74) is 7.05. The molecule has 0 unspecified atom stereocenters. The molecule has 0 heterocycles. The molecule has 0 fully saturated rings. The number of rotatable bonds is 2. The fourth-order valence-corrected chi connectivity index (χ4v) is 1.65. The minimum absolute atomic E-state index is 1.11. The average Bonchev–Trinajstić information content (AvgIpc) is 2.16. The van der Waals surface area contributed by atoms with Crippen molar-refractivity contribution >= 4 is 5.57 Å². The minimum atomic E-state index is 1.11. The highest BCUT2D eigenvalue weighted by Crippen LogP contribution is 2.23. The van der Waals surface area contributed by atoms with Gasteiger partial charge in [-0.15, -0.1) is 0 Å². The lowest BCUT2D eigenvalue weighted by atomic mass is 9.95. The second-order valence-electron chi connectivity index (χ2n) is 4.14. The van der Waals surface area contributed by atoms with Gasteiger partial charge < -0.3 is 0 Å². The van der Waals surface area contributed by atoms with Gasteiger partial charge in [-0.05, 0) is 50.8 Å². The van der Waals surface area contributed by atoms with Crippen molar-refractivity contribution in [2.24, 2.45) is 0 Å². The summed E-state index contributed by atoms with van der Waals surface area (Å²) >= 11 is 0. The van der Waals surface area contributed by atoms with E-state index in [-0.39, 0.29) is 0 Å². The zero-order valence-corrected chi connectivity index (χ0v) is 9.94. The third-order valence-corrected chi connectivity index (χ3v) is 2.80.